The lowest BCUT2D eigenvalue weighted by Crippen LogP contribution is -1.97. The predicted octanol–water partition coefficient (Wildman–Crippen LogP) is 1.84. The smallest absolute Gasteiger partial charge is 0.313 e. The Bertz CT molecular complexity index is 335. The Labute approximate surface area is 81.0 Å². The molecule has 0 aliphatic rings. The van der Waals surface area contributed by atoms with Gasteiger partial charge in [0, 0.05) is 10.5 Å². The quantitative estimate of drug-likeness (QED) is 0.586. The van der Waals surface area contributed by atoms with Gasteiger partial charge in [0.1, 0.15) is 0 Å². The van der Waals surface area contributed by atoms with Crippen molar-refractivity contribution in [1.29, 1.82) is 0 Å². The molecule has 1 aromatic carbocycles. The van der Waals surface area contributed by atoms with E-state index in [1.54, 1.807) is 12.1 Å². The van der Waals surface area contributed by atoms with Crippen molar-refractivity contribution in [2.75, 3.05) is 5.75 Å². The summed E-state index contributed by atoms with van der Waals surface area (Å²) < 4.78 is 0. The average Bonchev–Trinajstić information content (AvgIpc) is 2.15. The van der Waals surface area contributed by atoms with Gasteiger partial charge in [0.25, 0.3) is 0 Å². The lowest BCUT2D eigenvalue weighted by Gasteiger charge is -1.97. The molecule has 2 nitrogen and oxygen atoms in total. The minimum Gasteiger partial charge on any atom is -0.481 e. The highest BCUT2D eigenvalue weighted by Gasteiger charge is 1.98. The molecule has 66 valence electrons. The van der Waals surface area contributed by atoms with E-state index < -0.39 is 5.97 Å². The molecule has 0 spiro atoms. The van der Waals surface area contributed by atoms with Gasteiger partial charge in [-0.1, -0.05) is 5.92 Å². The van der Waals surface area contributed by atoms with Crippen LogP contribution in [-0.4, -0.2) is 16.8 Å². The van der Waals surface area contributed by atoms with E-state index in [4.69, 9.17) is 11.5 Å². The SMILES string of the molecule is C#Cc1ccc(SCC(=O)O)cc1. The van der Waals surface area contributed by atoms with Crippen LogP contribution in [0.25, 0.3) is 0 Å². The van der Waals surface area contributed by atoms with E-state index in [1.807, 2.05) is 12.1 Å². The zero-order chi connectivity index (χ0) is 9.68. The molecular formula is C10H8O2S. The summed E-state index contributed by atoms with van der Waals surface area (Å²) >= 11 is 1.28. The Morgan fingerprint density at radius 2 is 2.08 bits per heavy atom. The van der Waals surface area contributed by atoms with E-state index in [1.165, 1.54) is 11.8 Å². The highest BCUT2D eigenvalue weighted by atomic mass is 32.2. The first-order chi connectivity index (χ1) is 6.22. The minimum absolute atomic E-state index is 0.0788. The first-order valence-corrected chi connectivity index (χ1v) is 4.62. The van der Waals surface area contributed by atoms with Gasteiger partial charge in [-0.05, 0) is 24.3 Å². The lowest BCUT2D eigenvalue weighted by molar-refractivity contribution is -0.133. The maximum Gasteiger partial charge on any atom is 0.313 e. The molecule has 0 heterocycles. The molecule has 3 heteroatoms. The highest BCUT2D eigenvalue weighted by molar-refractivity contribution is 8.00. The van der Waals surface area contributed by atoms with Gasteiger partial charge in [0.15, 0.2) is 0 Å². The maximum absolute atomic E-state index is 10.2. The minimum atomic E-state index is -0.814. The maximum atomic E-state index is 10.2. The van der Waals surface area contributed by atoms with Gasteiger partial charge in [-0.25, -0.2) is 0 Å². The van der Waals surface area contributed by atoms with Gasteiger partial charge in [0.2, 0.25) is 0 Å². The number of thioether (sulfide) groups is 1. The second-order valence-corrected chi connectivity index (χ2v) is 3.40. The third-order valence-electron chi connectivity index (χ3n) is 1.38. The fourth-order valence-electron chi connectivity index (χ4n) is 0.792. The molecule has 0 aliphatic carbocycles. The zero-order valence-corrected chi connectivity index (χ0v) is 7.67. The van der Waals surface area contributed by atoms with Gasteiger partial charge < -0.3 is 5.11 Å². The van der Waals surface area contributed by atoms with Crippen LogP contribution in [0, 0.1) is 12.3 Å². The molecule has 0 atom stereocenters. The molecule has 0 aliphatic heterocycles. The number of hydrogen-bond acceptors (Lipinski definition) is 2. The summed E-state index contributed by atoms with van der Waals surface area (Å²) in [5.41, 5.74) is 0.805. The van der Waals surface area contributed by atoms with Crippen molar-refractivity contribution in [3.8, 4) is 12.3 Å². The average molecular weight is 192 g/mol. The Morgan fingerprint density at radius 3 is 2.54 bits per heavy atom. The van der Waals surface area contributed by atoms with Crippen molar-refractivity contribution >= 4 is 17.7 Å². The standard InChI is InChI=1S/C10H8O2S/c1-2-8-3-5-9(6-4-8)13-7-10(11)12/h1,3-6H,7H2,(H,11,12). The number of carboxylic acid groups (broad SMARTS) is 1. The van der Waals surface area contributed by atoms with E-state index in [0.717, 1.165) is 10.5 Å². The summed E-state index contributed by atoms with van der Waals surface area (Å²) in [5.74, 6) is 1.76. The third kappa shape index (κ3) is 3.22. The topological polar surface area (TPSA) is 37.3 Å². The molecule has 0 fully saturated rings. The van der Waals surface area contributed by atoms with Crippen LogP contribution in [0.15, 0.2) is 29.2 Å². The third-order valence-corrected chi connectivity index (χ3v) is 2.38. The van der Waals surface area contributed by atoms with E-state index in [-0.39, 0.29) is 5.75 Å². The van der Waals surface area contributed by atoms with Crippen LogP contribution in [0.3, 0.4) is 0 Å². The molecular weight excluding hydrogens is 184 g/mol. The van der Waals surface area contributed by atoms with Crippen LogP contribution in [0.5, 0.6) is 0 Å². The monoisotopic (exact) mass is 192 g/mol. The van der Waals surface area contributed by atoms with E-state index in [9.17, 15) is 4.79 Å². The van der Waals surface area contributed by atoms with Crippen LogP contribution in [-0.2, 0) is 4.79 Å². The van der Waals surface area contributed by atoms with Crippen molar-refractivity contribution in [2.45, 2.75) is 4.90 Å². The molecule has 0 radical (unpaired) electrons. The Kier molecular flexibility index (Phi) is 3.41. The molecule has 13 heavy (non-hydrogen) atoms. The van der Waals surface area contributed by atoms with Crippen molar-refractivity contribution in [2.24, 2.45) is 0 Å². The van der Waals surface area contributed by atoms with Crippen LogP contribution in [0.1, 0.15) is 5.56 Å². The number of terminal acetylenes is 1. The highest BCUT2D eigenvalue weighted by Crippen LogP contribution is 2.17. The molecule has 0 unspecified atom stereocenters. The van der Waals surface area contributed by atoms with Gasteiger partial charge in [-0.15, -0.1) is 18.2 Å². The lowest BCUT2D eigenvalue weighted by atomic mass is 10.2. The second kappa shape index (κ2) is 4.58. The summed E-state index contributed by atoms with van der Waals surface area (Å²) in [7, 11) is 0. The largest absolute Gasteiger partial charge is 0.481 e. The van der Waals surface area contributed by atoms with Crippen molar-refractivity contribution in [1.82, 2.24) is 0 Å². The Balaban J connectivity index is 2.60. The second-order valence-electron chi connectivity index (χ2n) is 2.35. The van der Waals surface area contributed by atoms with E-state index >= 15 is 0 Å². The number of aliphatic carboxylic acids is 1. The predicted molar refractivity (Wildman–Crippen MR) is 52.7 cm³/mol. The molecule has 0 bridgehead atoms. The normalized spacial score (nSPS) is 9.15. The van der Waals surface area contributed by atoms with Gasteiger partial charge in [-0.3, -0.25) is 4.79 Å². The van der Waals surface area contributed by atoms with Crippen LogP contribution in [0.4, 0.5) is 0 Å². The van der Waals surface area contributed by atoms with Crippen molar-refractivity contribution < 1.29 is 9.90 Å². The molecule has 0 aromatic heterocycles. The van der Waals surface area contributed by atoms with Gasteiger partial charge in [0.05, 0.1) is 5.75 Å². The molecule has 1 N–H and O–H groups in total. The van der Waals surface area contributed by atoms with Crippen LogP contribution < -0.4 is 0 Å². The Hall–Kier alpha value is -1.40. The number of carboxylic acids is 1. The summed E-state index contributed by atoms with van der Waals surface area (Å²) in [6, 6.07) is 7.24. The van der Waals surface area contributed by atoms with Crippen LogP contribution in [0.2, 0.25) is 0 Å². The summed E-state index contributed by atoms with van der Waals surface area (Å²) in [6.45, 7) is 0. The Morgan fingerprint density at radius 1 is 1.46 bits per heavy atom. The number of carbonyl (C=O) groups is 1. The number of rotatable bonds is 3. The number of hydrogen-bond donors (Lipinski definition) is 1. The first-order valence-electron chi connectivity index (χ1n) is 3.63. The van der Waals surface area contributed by atoms with E-state index in [0.29, 0.717) is 0 Å². The molecule has 0 saturated carbocycles. The van der Waals surface area contributed by atoms with Gasteiger partial charge >= 0.3 is 5.97 Å². The van der Waals surface area contributed by atoms with Crippen molar-refractivity contribution in [3.05, 3.63) is 29.8 Å². The van der Waals surface area contributed by atoms with E-state index in [2.05, 4.69) is 5.92 Å². The molecule has 0 saturated heterocycles. The molecule has 1 aromatic rings. The summed E-state index contributed by atoms with van der Waals surface area (Å²) in [5, 5.41) is 8.42. The summed E-state index contributed by atoms with van der Waals surface area (Å²) in [6.07, 6.45) is 5.17. The molecule has 0 amide bonds. The number of benzene rings is 1. The zero-order valence-electron chi connectivity index (χ0n) is 6.86. The fraction of sp³-hybridized carbons (Fsp3) is 0.100. The fourth-order valence-corrected chi connectivity index (χ4v) is 1.41. The van der Waals surface area contributed by atoms with Crippen LogP contribution >= 0.6 is 11.8 Å². The van der Waals surface area contributed by atoms with Gasteiger partial charge in [-0.2, -0.15) is 0 Å². The first kappa shape index (κ1) is 9.69. The molecule has 1 rings (SSSR count). The van der Waals surface area contributed by atoms with Crippen molar-refractivity contribution in [3.63, 3.8) is 0 Å². The summed E-state index contributed by atoms with van der Waals surface area (Å²) in [4.78, 5) is 11.2.